The summed E-state index contributed by atoms with van der Waals surface area (Å²) < 4.78 is 13.2. The van der Waals surface area contributed by atoms with E-state index in [9.17, 15) is 9.50 Å². The lowest BCUT2D eigenvalue weighted by atomic mass is 9.77. The van der Waals surface area contributed by atoms with Gasteiger partial charge in [0.2, 0.25) is 0 Å². The molecule has 0 radical (unpaired) electrons. The summed E-state index contributed by atoms with van der Waals surface area (Å²) in [5.74, 6) is -0.324. The van der Waals surface area contributed by atoms with E-state index in [4.69, 9.17) is 5.73 Å². The van der Waals surface area contributed by atoms with Crippen molar-refractivity contribution in [2.24, 2.45) is 11.1 Å². The highest BCUT2D eigenvalue weighted by atomic mass is 19.1. The first-order chi connectivity index (χ1) is 7.44. The maximum Gasteiger partial charge on any atom is 0.123 e. The largest absolute Gasteiger partial charge is 0.388 e. The SMILES string of the molecule is CCC(C)(CN)C(O)c1cc(F)ccc1C. The van der Waals surface area contributed by atoms with Gasteiger partial charge in [0, 0.05) is 12.0 Å². The van der Waals surface area contributed by atoms with Crippen LogP contribution in [0.2, 0.25) is 0 Å². The van der Waals surface area contributed by atoms with Crippen LogP contribution in [0.25, 0.3) is 0 Å². The molecule has 3 heteroatoms. The third kappa shape index (κ3) is 2.42. The molecule has 2 atom stereocenters. The van der Waals surface area contributed by atoms with Crippen molar-refractivity contribution in [1.29, 1.82) is 0 Å². The lowest BCUT2D eigenvalue weighted by Gasteiger charge is -2.33. The summed E-state index contributed by atoms with van der Waals surface area (Å²) in [6.45, 7) is 6.14. The molecule has 0 aliphatic rings. The van der Waals surface area contributed by atoms with Crippen LogP contribution in [0, 0.1) is 18.2 Å². The Morgan fingerprint density at radius 2 is 2.12 bits per heavy atom. The number of aliphatic hydroxyl groups excluding tert-OH is 1. The van der Waals surface area contributed by atoms with Crippen LogP contribution in [0.3, 0.4) is 0 Å². The van der Waals surface area contributed by atoms with Crippen LogP contribution in [0.4, 0.5) is 4.39 Å². The van der Waals surface area contributed by atoms with Gasteiger partial charge < -0.3 is 10.8 Å². The second kappa shape index (κ2) is 4.93. The molecule has 0 saturated carbocycles. The maximum atomic E-state index is 13.2. The number of benzene rings is 1. The fourth-order valence-electron chi connectivity index (χ4n) is 1.73. The molecule has 0 aliphatic heterocycles. The van der Waals surface area contributed by atoms with Gasteiger partial charge in [0.25, 0.3) is 0 Å². The van der Waals surface area contributed by atoms with Gasteiger partial charge in [-0.1, -0.05) is 19.9 Å². The lowest BCUT2D eigenvalue weighted by Crippen LogP contribution is -2.33. The standard InChI is InChI=1S/C13H20FNO/c1-4-13(3,8-15)12(16)11-7-10(14)6-5-9(11)2/h5-7,12,16H,4,8,15H2,1-3H3. The molecule has 0 aliphatic carbocycles. The van der Waals surface area contributed by atoms with E-state index in [-0.39, 0.29) is 5.82 Å². The lowest BCUT2D eigenvalue weighted by molar-refractivity contribution is 0.0384. The molecule has 0 bridgehead atoms. The molecule has 0 fully saturated rings. The zero-order valence-corrected chi connectivity index (χ0v) is 10.1. The van der Waals surface area contributed by atoms with Crippen molar-refractivity contribution >= 4 is 0 Å². The summed E-state index contributed by atoms with van der Waals surface area (Å²) in [6.07, 6.45) is 0.0267. The van der Waals surface area contributed by atoms with Gasteiger partial charge in [-0.15, -0.1) is 0 Å². The highest BCUT2D eigenvalue weighted by Crippen LogP contribution is 2.37. The molecule has 0 saturated heterocycles. The van der Waals surface area contributed by atoms with E-state index in [1.165, 1.54) is 12.1 Å². The Morgan fingerprint density at radius 3 is 2.62 bits per heavy atom. The minimum Gasteiger partial charge on any atom is -0.388 e. The number of rotatable bonds is 4. The van der Waals surface area contributed by atoms with E-state index >= 15 is 0 Å². The van der Waals surface area contributed by atoms with E-state index < -0.39 is 11.5 Å². The molecule has 1 aromatic rings. The van der Waals surface area contributed by atoms with Crippen LogP contribution < -0.4 is 5.73 Å². The van der Waals surface area contributed by atoms with E-state index in [2.05, 4.69) is 0 Å². The van der Waals surface area contributed by atoms with Crippen LogP contribution in [-0.4, -0.2) is 11.7 Å². The number of nitrogens with two attached hydrogens (primary N) is 1. The predicted octanol–water partition coefficient (Wildman–Crippen LogP) is 2.54. The molecule has 90 valence electrons. The molecule has 0 heterocycles. The first-order valence-corrected chi connectivity index (χ1v) is 5.59. The Labute approximate surface area is 96.3 Å². The Kier molecular flexibility index (Phi) is 4.05. The number of hydrogen-bond donors (Lipinski definition) is 2. The summed E-state index contributed by atoms with van der Waals surface area (Å²) in [4.78, 5) is 0. The van der Waals surface area contributed by atoms with E-state index in [0.717, 1.165) is 12.0 Å². The van der Waals surface area contributed by atoms with Crippen LogP contribution >= 0.6 is 0 Å². The number of aliphatic hydroxyl groups is 1. The molecular weight excluding hydrogens is 205 g/mol. The zero-order chi connectivity index (χ0) is 12.3. The van der Waals surface area contributed by atoms with Gasteiger partial charge in [-0.3, -0.25) is 0 Å². The van der Waals surface area contributed by atoms with Crippen molar-refractivity contribution in [1.82, 2.24) is 0 Å². The van der Waals surface area contributed by atoms with Gasteiger partial charge in [-0.05, 0) is 36.6 Å². The van der Waals surface area contributed by atoms with Gasteiger partial charge in [-0.25, -0.2) is 4.39 Å². The van der Waals surface area contributed by atoms with Crippen LogP contribution in [0.5, 0.6) is 0 Å². The molecule has 2 nitrogen and oxygen atoms in total. The van der Waals surface area contributed by atoms with Crippen LogP contribution in [-0.2, 0) is 0 Å². The van der Waals surface area contributed by atoms with Crippen molar-refractivity contribution in [2.45, 2.75) is 33.3 Å². The Bertz CT molecular complexity index is 361. The van der Waals surface area contributed by atoms with Gasteiger partial charge in [-0.2, -0.15) is 0 Å². The fourth-order valence-corrected chi connectivity index (χ4v) is 1.73. The molecule has 0 spiro atoms. The van der Waals surface area contributed by atoms with Gasteiger partial charge in [0.1, 0.15) is 5.82 Å². The third-order valence-corrected chi connectivity index (χ3v) is 3.47. The first-order valence-electron chi connectivity index (χ1n) is 5.59. The molecule has 16 heavy (non-hydrogen) atoms. The third-order valence-electron chi connectivity index (χ3n) is 3.47. The average Bonchev–Trinajstić information content (AvgIpc) is 2.30. The maximum absolute atomic E-state index is 13.2. The molecule has 2 unspecified atom stereocenters. The first kappa shape index (κ1) is 13.1. The number of hydrogen-bond acceptors (Lipinski definition) is 2. The Balaban J connectivity index is 3.12. The summed E-state index contributed by atoms with van der Waals surface area (Å²) in [5, 5.41) is 10.3. The van der Waals surface area contributed by atoms with E-state index in [1.54, 1.807) is 6.07 Å². The normalized spacial score (nSPS) is 16.9. The predicted molar refractivity (Wildman–Crippen MR) is 63.5 cm³/mol. The Hall–Kier alpha value is -0.930. The average molecular weight is 225 g/mol. The monoisotopic (exact) mass is 225 g/mol. The summed E-state index contributed by atoms with van der Waals surface area (Å²) in [5.41, 5.74) is 6.81. The van der Waals surface area contributed by atoms with Crippen LogP contribution in [0.15, 0.2) is 18.2 Å². The second-order valence-corrected chi connectivity index (χ2v) is 4.62. The molecule has 1 aromatic carbocycles. The summed E-state index contributed by atoms with van der Waals surface area (Å²) in [7, 11) is 0. The Morgan fingerprint density at radius 1 is 1.50 bits per heavy atom. The number of halogens is 1. The topological polar surface area (TPSA) is 46.2 Å². The molecule has 0 aromatic heterocycles. The smallest absolute Gasteiger partial charge is 0.123 e. The molecule has 3 N–H and O–H groups in total. The highest BCUT2D eigenvalue weighted by Gasteiger charge is 2.31. The van der Waals surface area contributed by atoms with Gasteiger partial charge >= 0.3 is 0 Å². The van der Waals surface area contributed by atoms with Crippen molar-refractivity contribution in [3.8, 4) is 0 Å². The minimum atomic E-state index is -0.724. The molecular formula is C13H20FNO. The van der Waals surface area contributed by atoms with Crippen LogP contribution in [0.1, 0.15) is 37.5 Å². The molecule has 0 amide bonds. The fraction of sp³-hybridized carbons (Fsp3) is 0.538. The van der Waals surface area contributed by atoms with E-state index in [0.29, 0.717) is 12.1 Å². The van der Waals surface area contributed by atoms with Crippen molar-refractivity contribution < 1.29 is 9.50 Å². The highest BCUT2D eigenvalue weighted by molar-refractivity contribution is 5.29. The number of aryl methyl sites for hydroxylation is 1. The quantitative estimate of drug-likeness (QED) is 0.827. The van der Waals surface area contributed by atoms with Crippen molar-refractivity contribution in [3.63, 3.8) is 0 Å². The van der Waals surface area contributed by atoms with Crippen molar-refractivity contribution in [2.75, 3.05) is 6.54 Å². The second-order valence-electron chi connectivity index (χ2n) is 4.62. The molecule has 1 rings (SSSR count). The van der Waals surface area contributed by atoms with Gasteiger partial charge in [0.05, 0.1) is 6.10 Å². The summed E-state index contributed by atoms with van der Waals surface area (Å²) >= 11 is 0. The van der Waals surface area contributed by atoms with Crippen molar-refractivity contribution in [3.05, 3.63) is 35.1 Å². The van der Waals surface area contributed by atoms with E-state index in [1.807, 2.05) is 20.8 Å². The zero-order valence-electron chi connectivity index (χ0n) is 10.1. The summed E-state index contributed by atoms with van der Waals surface area (Å²) in [6, 6.07) is 4.47. The minimum absolute atomic E-state index is 0.324. The van der Waals surface area contributed by atoms with Gasteiger partial charge in [0.15, 0.2) is 0 Å².